The average molecular weight is 496 g/mol. The Morgan fingerprint density at radius 1 is 1.14 bits per heavy atom. The van der Waals surface area contributed by atoms with Gasteiger partial charge in [0.2, 0.25) is 11.8 Å². The lowest BCUT2D eigenvalue weighted by molar-refractivity contribution is -0.125. The highest BCUT2D eigenvalue weighted by atomic mass is 32.2. The van der Waals surface area contributed by atoms with E-state index in [0.717, 1.165) is 5.56 Å². The van der Waals surface area contributed by atoms with E-state index in [9.17, 15) is 18.0 Å². The molecule has 1 aliphatic heterocycles. The first-order chi connectivity index (χ1) is 16.6. The molecule has 0 bridgehead atoms. The molecule has 35 heavy (non-hydrogen) atoms. The maximum atomic E-state index is 12.9. The Bertz CT molecular complexity index is 1320. The predicted molar refractivity (Wildman–Crippen MR) is 133 cm³/mol. The molecule has 0 spiro atoms. The molecule has 2 heterocycles. The van der Waals surface area contributed by atoms with Crippen LogP contribution in [0.3, 0.4) is 0 Å². The van der Waals surface area contributed by atoms with Crippen molar-refractivity contribution in [3.8, 4) is 11.3 Å². The number of anilines is 1. The lowest BCUT2D eigenvalue weighted by Gasteiger charge is -2.30. The van der Waals surface area contributed by atoms with E-state index in [-0.39, 0.29) is 29.2 Å². The third kappa shape index (κ3) is 5.60. The van der Waals surface area contributed by atoms with Gasteiger partial charge in [0.05, 0.1) is 22.3 Å². The third-order valence-corrected chi connectivity index (χ3v) is 7.96. The second-order valence-corrected chi connectivity index (χ2v) is 11.4. The predicted octanol–water partition coefficient (Wildman–Crippen LogP) is 2.87. The van der Waals surface area contributed by atoms with Crippen LogP contribution in [0.4, 0.5) is 5.82 Å². The summed E-state index contributed by atoms with van der Waals surface area (Å²) in [6, 6.07) is 17.6. The van der Waals surface area contributed by atoms with Gasteiger partial charge in [-0.25, -0.2) is 13.1 Å². The summed E-state index contributed by atoms with van der Waals surface area (Å²) in [5.74, 6) is 0.0342. The van der Waals surface area contributed by atoms with Crippen LogP contribution in [0.5, 0.6) is 0 Å². The molecular formula is C25H29N5O4S. The molecule has 1 aliphatic rings. The van der Waals surface area contributed by atoms with Crippen LogP contribution in [0.25, 0.3) is 11.3 Å². The van der Waals surface area contributed by atoms with E-state index in [4.69, 9.17) is 0 Å². The summed E-state index contributed by atoms with van der Waals surface area (Å²) in [5.41, 5.74) is 2.20. The van der Waals surface area contributed by atoms with Gasteiger partial charge >= 0.3 is 0 Å². The van der Waals surface area contributed by atoms with Crippen molar-refractivity contribution in [3.63, 3.8) is 0 Å². The minimum Gasteiger partial charge on any atom is -0.322 e. The third-order valence-electron chi connectivity index (χ3n) is 5.79. The Kier molecular flexibility index (Phi) is 7.04. The second-order valence-electron chi connectivity index (χ2n) is 8.93. The number of aromatic nitrogens is 2. The lowest BCUT2D eigenvalue weighted by Crippen LogP contribution is -2.52. The highest BCUT2D eigenvalue weighted by Gasteiger charge is 2.27. The van der Waals surface area contributed by atoms with Gasteiger partial charge in [-0.3, -0.25) is 14.9 Å². The summed E-state index contributed by atoms with van der Waals surface area (Å²) in [4.78, 5) is 25.3. The van der Waals surface area contributed by atoms with Crippen molar-refractivity contribution < 1.29 is 18.0 Å². The van der Waals surface area contributed by atoms with Crippen LogP contribution >= 0.6 is 0 Å². The molecule has 3 N–H and O–H groups in total. The molecule has 9 nitrogen and oxygen atoms in total. The monoisotopic (exact) mass is 495 g/mol. The molecule has 3 aromatic rings. The summed E-state index contributed by atoms with van der Waals surface area (Å²) < 4.78 is 26.2. The minimum atomic E-state index is -3.37. The van der Waals surface area contributed by atoms with Crippen LogP contribution in [0.1, 0.15) is 39.0 Å². The average Bonchev–Trinajstić information content (AvgIpc) is 3.23. The molecule has 0 radical (unpaired) electrons. The largest absolute Gasteiger partial charge is 0.322 e. The Morgan fingerprint density at radius 3 is 2.46 bits per heavy atom. The van der Waals surface area contributed by atoms with E-state index in [1.54, 1.807) is 36.7 Å². The number of nitrogens with zero attached hydrogens (tertiary/aromatic N) is 2. The fraction of sp³-hybridized carbons (Fsp3) is 0.320. The van der Waals surface area contributed by atoms with E-state index in [2.05, 4.69) is 21.0 Å². The molecule has 2 amide bonds. The first-order valence-corrected chi connectivity index (χ1v) is 13.0. The quantitative estimate of drug-likeness (QED) is 0.463. The van der Waals surface area contributed by atoms with Gasteiger partial charge in [0.1, 0.15) is 5.82 Å². The van der Waals surface area contributed by atoms with Gasteiger partial charge in [0, 0.05) is 24.1 Å². The number of nitrogens with one attached hydrogen (secondary N) is 3. The number of sulfone groups is 1. The summed E-state index contributed by atoms with van der Waals surface area (Å²) in [6.45, 7) is 5.18. The Balaban J connectivity index is 1.56. The Labute approximate surface area is 204 Å². The van der Waals surface area contributed by atoms with Crippen molar-refractivity contribution in [2.75, 3.05) is 5.32 Å². The van der Waals surface area contributed by atoms with Crippen LogP contribution in [0.2, 0.25) is 0 Å². The molecule has 4 rings (SSSR count). The maximum Gasteiger partial charge on any atom is 0.229 e. The fourth-order valence-corrected chi connectivity index (χ4v) is 4.93. The number of carbonyl (C=O) groups is 2. The van der Waals surface area contributed by atoms with Crippen molar-refractivity contribution in [1.82, 2.24) is 20.4 Å². The highest BCUT2D eigenvalue weighted by molar-refractivity contribution is 7.92. The first kappa shape index (κ1) is 24.6. The number of rotatable bonds is 7. The van der Waals surface area contributed by atoms with E-state index in [0.29, 0.717) is 23.5 Å². The van der Waals surface area contributed by atoms with Crippen LogP contribution in [-0.4, -0.2) is 41.3 Å². The van der Waals surface area contributed by atoms with Gasteiger partial charge in [0.15, 0.2) is 16.1 Å². The van der Waals surface area contributed by atoms with Crippen molar-refractivity contribution in [2.45, 2.75) is 56.1 Å². The molecule has 2 unspecified atom stereocenters. The van der Waals surface area contributed by atoms with E-state index in [1.807, 2.05) is 37.3 Å². The van der Waals surface area contributed by atoms with Gasteiger partial charge in [-0.2, -0.15) is 5.10 Å². The normalized spacial score (nSPS) is 18.3. The molecule has 0 aliphatic carbocycles. The topological polar surface area (TPSA) is 122 Å². The molecular weight excluding hydrogens is 466 g/mol. The van der Waals surface area contributed by atoms with E-state index < -0.39 is 21.4 Å². The van der Waals surface area contributed by atoms with E-state index in [1.165, 1.54) is 12.1 Å². The molecule has 2 aromatic carbocycles. The molecule has 1 fully saturated rings. The van der Waals surface area contributed by atoms with Gasteiger partial charge in [-0.1, -0.05) is 42.5 Å². The standard InChI is InChI=1S/C25H29N5O4S/c1-16(2)35(33,34)20-11-9-18(10-12-20)14-24(32)27-22-15-21(19-7-5-4-6-8-19)29-30(22)25-26-17(3)13-23(31)28-25/h4-12,15-17,25-26H,13-14H2,1-3H3,(H,27,32)(H,28,31). The SMILES string of the molecule is CC1CC(=O)NC(n2nc(-c3ccccc3)cc2NC(=O)Cc2ccc(S(=O)(=O)C(C)C)cc2)N1. The van der Waals surface area contributed by atoms with Gasteiger partial charge in [-0.05, 0) is 38.5 Å². The Hall–Kier alpha value is -3.50. The number of hydrogen-bond donors (Lipinski definition) is 3. The molecule has 1 aromatic heterocycles. The summed E-state index contributed by atoms with van der Waals surface area (Å²) in [5, 5.41) is 13.2. The fourth-order valence-electron chi connectivity index (χ4n) is 3.87. The van der Waals surface area contributed by atoms with Crippen molar-refractivity contribution in [1.29, 1.82) is 0 Å². The molecule has 2 atom stereocenters. The zero-order valence-electron chi connectivity index (χ0n) is 19.9. The van der Waals surface area contributed by atoms with E-state index >= 15 is 0 Å². The lowest BCUT2D eigenvalue weighted by atomic mass is 10.1. The smallest absolute Gasteiger partial charge is 0.229 e. The number of benzene rings is 2. The number of hydrogen-bond acceptors (Lipinski definition) is 6. The molecule has 184 valence electrons. The van der Waals surface area contributed by atoms with Crippen LogP contribution in [0, 0.1) is 0 Å². The van der Waals surface area contributed by atoms with Crippen LogP contribution in [0.15, 0.2) is 65.6 Å². The summed E-state index contributed by atoms with van der Waals surface area (Å²) in [7, 11) is -3.37. The highest BCUT2D eigenvalue weighted by Crippen LogP contribution is 2.25. The number of carbonyl (C=O) groups excluding carboxylic acids is 2. The maximum absolute atomic E-state index is 12.9. The summed E-state index contributed by atoms with van der Waals surface area (Å²) >= 11 is 0. The van der Waals surface area contributed by atoms with Crippen LogP contribution < -0.4 is 16.0 Å². The van der Waals surface area contributed by atoms with Gasteiger partial charge in [0.25, 0.3) is 0 Å². The molecule has 1 saturated heterocycles. The van der Waals surface area contributed by atoms with Crippen LogP contribution in [-0.2, 0) is 25.8 Å². The molecule has 0 saturated carbocycles. The number of amides is 2. The zero-order chi connectivity index (χ0) is 25.2. The first-order valence-electron chi connectivity index (χ1n) is 11.5. The van der Waals surface area contributed by atoms with Gasteiger partial charge in [-0.15, -0.1) is 0 Å². The second kappa shape index (κ2) is 10.0. The van der Waals surface area contributed by atoms with Crippen molar-refractivity contribution in [2.24, 2.45) is 0 Å². The summed E-state index contributed by atoms with van der Waals surface area (Å²) in [6.07, 6.45) is -0.207. The Morgan fingerprint density at radius 2 is 1.83 bits per heavy atom. The minimum absolute atomic E-state index is 0.0503. The van der Waals surface area contributed by atoms with Gasteiger partial charge < -0.3 is 10.6 Å². The van der Waals surface area contributed by atoms with Crippen molar-refractivity contribution >= 4 is 27.5 Å². The van der Waals surface area contributed by atoms with Crippen molar-refractivity contribution in [3.05, 3.63) is 66.2 Å². The zero-order valence-corrected chi connectivity index (χ0v) is 20.7. The molecule has 10 heteroatoms.